The van der Waals surface area contributed by atoms with E-state index in [0.29, 0.717) is 37.8 Å². The number of carbonyl (C=O) groups excluding carboxylic acids is 2. The van der Waals surface area contributed by atoms with E-state index in [2.05, 4.69) is 4.98 Å². The maximum absolute atomic E-state index is 14.1. The number of aliphatic hydroxyl groups is 1. The molecule has 11 heteroatoms. The summed E-state index contributed by atoms with van der Waals surface area (Å²) in [4.78, 5) is 46.4. The van der Waals surface area contributed by atoms with E-state index in [-0.39, 0.29) is 31.5 Å². The van der Waals surface area contributed by atoms with E-state index in [1.165, 1.54) is 9.80 Å². The molecule has 0 saturated carbocycles. The molecule has 0 spiro atoms. The van der Waals surface area contributed by atoms with Gasteiger partial charge in [0.2, 0.25) is 5.91 Å². The number of ether oxygens (including phenoxy) is 3. The van der Waals surface area contributed by atoms with Crippen LogP contribution in [0.3, 0.4) is 0 Å². The maximum Gasteiger partial charge on any atom is 0.410 e. The van der Waals surface area contributed by atoms with Crippen molar-refractivity contribution in [3.05, 3.63) is 53.7 Å². The first kappa shape index (κ1) is 35.8. The van der Waals surface area contributed by atoms with Crippen LogP contribution in [0.1, 0.15) is 71.9 Å². The lowest BCUT2D eigenvalue weighted by Gasteiger charge is -2.41. The van der Waals surface area contributed by atoms with Gasteiger partial charge in [-0.2, -0.15) is 0 Å². The number of piperidine rings is 1. The highest BCUT2D eigenvalue weighted by atomic mass is 16.6. The summed E-state index contributed by atoms with van der Waals surface area (Å²) >= 11 is 0. The minimum atomic E-state index is -1.51. The average molecular weight is 628 g/mol. The van der Waals surface area contributed by atoms with Crippen molar-refractivity contribution in [2.75, 3.05) is 37.7 Å². The van der Waals surface area contributed by atoms with Crippen LogP contribution in [0.4, 0.5) is 10.6 Å². The predicted octanol–water partition coefficient (Wildman–Crippen LogP) is 5.11. The van der Waals surface area contributed by atoms with Crippen LogP contribution < -0.4 is 9.64 Å². The molecule has 3 rings (SSSR count). The number of nitrogens with zero attached hydrogens (tertiary/aromatic N) is 3. The molecule has 1 fully saturated rings. The zero-order valence-corrected chi connectivity index (χ0v) is 27.6. The predicted molar refractivity (Wildman–Crippen MR) is 170 cm³/mol. The van der Waals surface area contributed by atoms with Crippen LogP contribution in [0, 0.1) is 17.8 Å². The molecular weight excluding hydrogens is 578 g/mol. The molecule has 248 valence electrons. The lowest BCUT2D eigenvalue weighted by Crippen LogP contribution is -2.59. The summed E-state index contributed by atoms with van der Waals surface area (Å²) in [7, 11) is 0. The first-order chi connectivity index (χ1) is 21.2. The first-order valence-electron chi connectivity index (χ1n) is 15.6. The van der Waals surface area contributed by atoms with Crippen molar-refractivity contribution >= 4 is 23.8 Å². The second-order valence-corrected chi connectivity index (χ2v) is 13.2. The number of benzene rings is 1. The van der Waals surface area contributed by atoms with Crippen molar-refractivity contribution in [2.24, 2.45) is 17.8 Å². The first-order valence-corrected chi connectivity index (χ1v) is 15.6. The lowest BCUT2D eigenvalue weighted by atomic mass is 9.85. The molecule has 0 aliphatic carbocycles. The number of hydrogen-bond donors (Lipinski definition) is 2. The normalized spacial score (nSPS) is 18.6. The monoisotopic (exact) mass is 627 g/mol. The Morgan fingerprint density at radius 1 is 1.04 bits per heavy atom. The quantitative estimate of drug-likeness (QED) is 0.290. The van der Waals surface area contributed by atoms with Gasteiger partial charge >= 0.3 is 12.1 Å². The molecule has 1 aliphatic rings. The number of pyridine rings is 1. The number of carboxylic acid groups (broad SMARTS) is 1. The minimum absolute atomic E-state index is 0.0182. The largest absolute Gasteiger partial charge is 0.493 e. The summed E-state index contributed by atoms with van der Waals surface area (Å²) in [5, 5.41) is 21.0. The van der Waals surface area contributed by atoms with E-state index < -0.39 is 41.5 Å². The molecule has 2 heterocycles. The smallest absolute Gasteiger partial charge is 0.410 e. The van der Waals surface area contributed by atoms with Crippen molar-refractivity contribution in [1.29, 1.82) is 0 Å². The molecule has 0 unspecified atom stereocenters. The van der Waals surface area contributed by atoms with E-state index in [1.54, 1.807) is 33.0 Å². The molecule has 1 aromatic carbocycles. The summed E-state index contributed by atoms with van der Waals surface area (Å²) in [5.74, 6) is -3.37. The Kier molecular flexibility index (Phi) is 12.7. The SMILES string of the molecule is CC(C)CN(C(=O)[C@H]1CN(C(=O)OC(C)(C)C)C[C@@H](C(=O)O)[C@H]1O)c1cc(OCCCOCc2ccccc2)c(C(C)C)cn1. The van der Waals surface area contributed by atoms with Crippen LogP contribution in [0.15, 0.2) is 42.6 Å². The average Bonchev–Trinajstić information content (AvgIpc) is 2.96. The third-order valence-electron chi connectivity index (χ3n) is 7.34. The summed E-state index contributed by atoms with van der Waals surface area (Å²) in [6.45, 7) is 14.3. The van der Waals surface area contributed by atoms with Gasteiger partial charge in [-0.3, -0.25) is 14.5 Å². The van der Waals surface area contributed by atoms with Gasteiger partial charge in [0.15, 0.2) is 0 Å². The van der Waals surface area contributed by atoms with E-state index in [1.807, 2.05) is 58.0 Å². The number of amides is 2. The van der Waals surface area contributed by atoms with Crippen molar-refractivity contribution in [2.45, 2.75) is 79.1 Å². The van der Waals surface area contributed by atoms with Crippen LogP contribution in [0.5, 0.6) is 5.75 Å². The Labute approximate surface area is 266 Å². The molecule has 1 saturated heterocycles. The van der Waals surface area contributed by atoms with Gasteiger partial charge in [0.1, 0.15) is 23.1 Å². The number of aliphatic carboxylic acids is 1. The van der Waals surface area contributed by atoms with Gasteiger partial charge in [0, 0.05) is 43.9 Å². The summed E-state index contributed by atoms with van der Waals surface area (Å²) in [5.41, 5.74) is 1.16. The third-order valence-corrected chi connectivity index (χ3v) is 7.34. The number of likely N-dealkylation sites (tertiary alicyclic amines) is 1. The Morgan fingerprint density at radius 2 is 1.71 bits per heavy atom. The fourth-order valence-corrected chi connectivity index (χ4v) is 5.08. The Morgan fingerprint density at radius 3 is 2.31 bits per heavy atom. The van der Waals surface area contributed by atoms with E-state index >= 15 is 0 Å². The molecule has 1 aromatic heterocycles. The van der Waals surface area contributed by atoms with Gasteiger partial charge < -0.3 is 29.3 Å². The number of aromatic nitrogens is 1. The summed E-state index contributed by atoms with van der Waals surface area (Å²) in [6, 6.07) is 11.6. The number of rotatable bonds is 13. The molecule has 0 radical (unpaired) electrons. The molecule has 2 amide bonds. The molecule has 2 aromatic rings. The van der Waals surface area contributed by atoms with Crippen molar-refractivity contribution in [3.8, 4) is 5.75 Å². The van der Waals surface area contributed by atoms with Crippen molar-refractivity contribution in [1.82, 2.24) is 9.88 Å². The standard InChI is InChI=1S/C34H49N3O8/c1-22(2)18-37(31(39)26-19-36(33(42)45-34(5,6)7)20-27(30(26)38)32(40)41)29-16-28(25(17-35-29)23(3)4)44-15-11-14-43-21-24-12-9-8-10-13-24/h8-10,12-13,16-17,22-23,26-27,30,38H,11,14-15,18-21H2,1-7H3,(H,40,41)/t26-,27+,30-/m0/s1. The molecular formula is C34H49N3O8. The fraction of sp³-hybridized carbons (Fsp3) is 0.588. The van der Waals surface area contributed by atoms with Crippen LogP contribution in [-0.2, 0) is 25.7 Å². The highest BCUT2D eigenvalue weighted by Gasteiger charge is 2.47. The number of carbonyl (C=O) groups is 3. The van der Waals surface area contributed by atoms with Crippen molar-refractivity contribution in [3.63, 3.8) is 0 Å². The van der Waals surface area contributed by atoms with E-state index in [4.69, 9.17) is 14.2 Å². The Bertz CT molecular complexity index is 1280. The second kappa shape index (κ2) is 16.0. The van der Waals surface area contributed by atoms with Gasteiger partial charge in [-0.25, -0.2) is 9.78 Å². The van der Waals surface area contributed by atoms with E-state index in [9.17, 15) is 24.6 Å². The van der Waals surface area contributed by atoms with Crippen LogP contribution in [0.2, 0.25) is 0 Å². The van der Waals surface area contributed by atoms with Crippen LogP contribution in [-0.4, -0.2) is 82.6 Å². The summed E-state index contributed by atoms with van der Waals surface area (Å²) < 4.78 is 17.4. The Hall–Kier alpha value is -3.70. The number of aliphatic hydroxyl groups excluding tert-OH is 1. The van der Waals surface area contributed by atoms with Crippen LogP contribution in [0.25, 0.3) is 0 Å². The number of hydrogen-bond acceptors (Lipinski definition) is 8. The molecule has 1 aliphatic heterocycles. The highest BCUT2D eigenvalue weighted by Crippen LogP contribution is 2.32. The topological polar surface area (TPSA) is 139 Å². The molecule has 2 N–H and O–H groups in total. The molecule has 11 nitrogen and oxygen atoms in total. The van der Waals surface area contributed by atoms with Gasteiger partial charge in [0.05, 0.1) is 31.8 Å². The van der Waals surface area contributed by atoms with Gasteiger partial charge in [-0.05, 0) is 38.2 Å². The molecule has 45 heavy (non-hydrogen) atoms. The maximum atomic E-state index is 14.1. The van der Waals surface area contributed by atoms with Crippen molar-refractivity contribution < 1.29 is 38.8 Å². The second-order valence-electron chi connectivity index (χ2n) is 13.2. The van der Waals surface area contributed by atoms with Crippen LogP contribution >= 0.6 is 0 Å². The molecule has 0 bridgehead atoms. The zero-order valence-electron chi connectivity index (χ0n) is 27.6. The number of carboxylic acids is 1. The fourth-order valence-electron chi connectivity index (χ4n) is 5.08. The third kappa shape index (κ3) is 10.4. The Balaban J connectivity index is 1.81. The lowest BCUT2D eigenvalue weighted by molar-refractivity contribution is -0.153. The van der Waals surface area contributed by atoms with E-state index in [0.717, 1.165) is 11.1 Å². The minimum Gasteiger partial charge on any atom is -0.493 e. The van der Waals surface area contributed by atoms with Gasteiger partial charge in [0.25, 0.3) is 0 Å². The molecule has 3 atom stereocenters. The van der Waals surface area contributed by atoms with Gasteiger partial charge in [-0.15, -0.1) is 0 Å². The number of anilines is 1. The highest BCUT2D eigenvalue weighted by molar-refractivity contribution is 5.96. The van der Waals surface area contributed by atoms with Gasteiger partial charge in [-0.1, -0.05) is 58.0 Å². The zero-order chi connectivity index (χ0) is 33.3. The summed E-state index contributed by atoms with van der Waals surface area (Å²) in [6.07, 6.45) is 0.0930.